The Morgan fingerprint density at radius 3 is 2.63 bits per heavy atom. The molecule has 0 aliphatic carbocycles. The number of hydrogen-bond donors (Lipinski definition) is 2. The van der Waals surface area contributed by atoms with Gasteiger partial charge in [-0.3, -0.25) is 9.78 Å². The smallest absolute Gasteiger partial charge is 0.340 e. The third-order valence-electron chi connectivity index (χ3n) is 5.17. The zero-order valence-corrected chi connectivity index (χ0v) is 15.1. The molecule has 2 fully saturated rings. The second-order valence-electron chi connectivity index (χ2n) is 7.03. The van der Waals surface area contributed by atoms with Crippen LogP contribution in [-0.4, -0.2) is 51.9 Å². The maximum Gasteiger partial charge on any atom is 0.340 e. The van der Waals surface area contributed by atoms with Crippen LogP contribution in [0.2, 0.25) is 0 Å². The molecule has 1 aromatic carbocycles. The summed E-state index contributed by atoms with van der Waals surface area (Å²) in [5, 5.41) is 6.41. The van der Waals surface area contributed by atoms with E-state index in [0.717, 1.165) is 51.1 Å². The van der Waals surface area contributed by atoms with Gasteiger partial charge in [-0.05, 0) is 43.5 Å². The van der Waals surface area contributed by atoms with Crippen LogP contribution in [-0.2, 0) is 4.74 Å². The van der Waals surface area contributed by atoms with E-state index in [1.54, 1.807) is 17.0 Å². The summed E-state index contributed by atoms with van der Waals surface area (Å²) in [7, 11) is 0. The minimum Gasteiger partial charge on any atom is -0.490 e. The fourth-order valence-electron chi connectivity index (χ4n) is 3.73. The molecular formula is C19H24N4O4. The Kier molecular flexibility index (Phi) is 5.24. The lowest BCUT2D eigenvalue weighted by atomic mass is 10.00. The molecule has 0 bridgehead atoms. The predicted molar refractivity (Wildman–Crippen MR) is 97.7 cm³/mol. The molecule has 27 heavy (non-hydrogen) atoms. The maximum absolute atomic E-state index is 13.0. The summed E-state index contributed by atoms with van der Waals surface area (Å²) in [6.07, 6.45) is 4.68. The highest BCUT2D eigenvalue weighted by Gasteiger charge is 2.31. The number of nitrogens with one attached hydrogen (secondary N) is 2. The van der Waals surface area contributed by atoms with E-state index < -0.39 is 0 Å². The lowest BCUT2D eigenvalue weighted by Gasteiger charge is -2.34. The number of ether oxygens (including phenoxy) is 2. The highest BCUT2D eigenvalue weighted by Crippen LogP contribution is 2.30. The number of carbonyl (C=O) groups is 1. The second-order valence-corrected chi connectivity index (χ2v) is 7.03. The van der Waals surface area contributed by atoms with Crippen molar-refractivity contribution in [2.75, 3.05) is 19.8 Å². The molecule has 144 valence electrons. The molecule has 1 aromatic heterocycles. The molecule has 1 unspecified atom stereocenters. The van der Waals surface area contributed by atoms with Crippen LogP contribution in [0.25, 0.3) is 0 Å². The number of aromatic amines is 2. The molecule has 2 saturated heterocycles. The van der Waals surface area contributed by atoms with Crippen molar-refractivity contribution in [3.63, 3.8) is 0 Å². The van der Waals surface area contributed by atoms with E-state index in [-0.39, 0.29) is 23.7 Å². The van der Waals surface area contributed by atoms with E-state index in [9.17, 15) is 9.59 Å². The number of nitrogens with zero attached hydrogens (tertiary/aromatic N) is 2. The molecule has 1 amide bonds. The molecule has 2 aliphatic rings. The van der Waals surface area contributed by atoms with Crippen molar-refractivity contribution in [3.8, 4) is 5.75 Å². The van der Waals surface area contributed by atoms with Gasteiger partial charge in [0.25, 0.3) is 5.91 Å². The Balaban J connectivity index is 1.46. The summed E-state index contributed by atoms with van der Waals surface area (Å²) in [4.78, 5) is 28.9. The Morgan fingerprint density at radius 1 is 1.15 bits per heavy atom. The zero-order valence-electron chi connectivity index (χ0n) is 15.1. The van der Waals surface area contributed by atoms with Gasteiger partial charge >= 0.3 is 5.69 Å². The molecule has 8 nitrogen and oxygen atoms in total. The summed E-state index contributed by atoms with van der Waals surface area (Å²) in [6.45, 7) is 2.11. The van der Waals surface area contributed by atoms with Crippen molar-refractivity contribution in [2.24, 2.45) is 0 Å². The molecule has 0 saturated carbocycles. The monoisotopic (exact) mass is 372 g/mol. The summed E-state index contributed by atoms with van der Waals surface area (Å²) in [5.41, 5.74) is 0.261. The van der Waals surface area contributed by atoms with Gasteiger partial charge in [0.2, 0.25) is 0 Å². The Morgan fingerprint density at radius 2 is 1.93 bits per heavy atom. The zero-order chi connectivity index (χ0) is 18.6. The van der Waals surface area contributed by atoms with E-state index in [0.29, 0.717) is 17.9 Å². The van der Waals surface area contributed by atoms with Gasteiger partial charge < -0.3 is 14.4 Å². The van der Waals surface area contributed by atoms with Crippen LogP contribution < -0.4 is 10.4 Å². The minimum atomic E-state index is -0.349. The minimum absolute atomic E-state index is 0.0545. The number of benzene rings is 1. The average molecular weight is 372 g/mol. The molecule has 0 radical (unpaired) electrons. The first kappa shape index (κ1) is 17.8. The van der Waals surface area contributed by atoms with Crippen LogP contribution in [0.15, 0.2) is 29.1 Å². The summed E-state index contributed by atoms with van der Waals surface area (Å²) >= 11 is 0. The Hall–Kier alpha value is -2.61. The van der Waals surface area contributed by atoms with Gasteiger partial charge in [-0.2, -0.15) is 5.10 Å². The highest BCUT2D eigenvalue weighted by molar-refractivity contribution is 5.94. The fraction of sp³-hybridized carbons (Fsp3) is 0.526. The average Bonchev–Trinajstić information content (AvgIpc) is 3.15. The third kappa shape index (κ3) is 4.05. The normalized spacial score (nSPS) is 21.2. The van der Waals surface area contributed by atoms with Gasteiger partial charge in [0.15, 0.2) is 5.82 Å². The molecule has 2 aliphatic heterocycles. The predicted octanol–water partition coefficient (Wildman–Crippen LogP) is 2.02. The number of H-pyrrole nitrogens is 2. The SMILES string of the molecule is O=C(c1ccc(OC2CCOCC2)cc1)N1CCCCC1c1n[nH]c(=O)[nH]1. The summed E-state index contributed by atoms with van der Waals surface area (Å²) < 4.78 is 11.3. The number of hydrogen-bond acceptors (Lipinski definition) is 5. The van der Waals surface area contributed by atoms with Crippen molar-refractivity contribution in [2.45, 2.75) is 44.2 Å². The van der Waals surface area contributed by atoms with Gasteiger partial charge in [-0.1, -0.05) is 0 Å². The Labute approximate surface area is 156 Å². The first-order valence-corrected chi connectivity index (χ1v) is 9.51. The topological polar surface area (TPSA) is 100 Å². The number of aromatic nitrogens is 3. The van der Waals surface area contributed by atoms with Gasteiger partial charge in [0.05, 0.1) is 19.3 Å². The van der Waals surface area contributed by atoms with E-state index in [4.69, 9.17) is 9.47 Å². The second kappa shape index (κ2) is 7.96. The van der Waals surface area contributed by atoms with Crippen molar-refractivity contribution >= 4 is 5.91 Å². The van der Waals surface area contributed by atoms with Crippen LogP contribution in [0.3, 0.4) is 0 Å². The van der Waals surface area contributed by atoms with E-state index in [2.05, 4.69) is 15.2 Å². The lowest BCUT2D eigenvalue weighted by molar-refractivity contribution is 0.0255. The number of piperidine rings is 1. The van der Waals surface area contributed by atoms with Gasteiger partial charge in [-0.15, -0.1) is 0 Å². The molecule has 3 heterocycles. The molecule has 2 aromatic rings. The van der Waals surface area contributed by atoms with Crippen LogP contribution in [0, 0.1) is 0 Å². The Bertz CT molecular complexity index is 823. The molecule has 1 atom stereocenters. The summed E-state index contributed by atoms with van der Waals surface area (Å²) in [5.74, 6) is 1.24. The van der Waals surface area contributed by atoms with Crippen molar-refractivity contribution in [1.29, 1.82) is 0 Å². The lowest BCUT2D eigenvalue weighted by Crippen LogP contribution is -2.39. The van der Waals surface area contributed by atoms with Crippen molar-refractivity contribution < 1.29 is 14.3 Å². The quantitative estimate of drug-likeness (QED) is 0.855. The van der Waals surface area contributed by atoms with Gasteiger partial charge in [-0.25, -0.2) is 9.89 Å². The molecule has 2 N–H and O–H groups in total. The van der Waals surface area contributed by atoms with Crippen molar-refractivity contribution in [1.82, 2.24) is 20.1 Å². The molecule has 8 heteroatoms. The number of rotatable bonds is 4. The van der Waals surface area contributed by atoms with E-state index in [1.165, 1.54) is 0 Å². The molecule has 0 spiro atoms. The first-order chi connectivity index (χ1) is 13.2. The highest BCUT2D eigenvalue weighted by atomic mass is 16.5. The fourth-order valence-corrected chi connectivity index (χ4v) is 3.73. The van der Waals surface area contributed by atoms with Crippen molar-refractivity contribution in [3.05, 3.63) is 46.1 Å². The van der Waals surface area contributed by atoms with E-state index >= 15 is 0 Å². The van der Waals surface area contributed by atoms with Crippen LogP contribution in [0.4, 0.5) is 0 Å². The van der Waals surface area contributed by atoms with Gasteiger partial charge in [0.1, 0.15) is 11.9 Å². The number of likely N-dealkylation sites (tertiary alicyclic amines) is 1. The largest absolute Gasteiger partial charge is 0.490 e. The van der Waals surface area contributed by atoms with Crippen LogP contribution in [0.1, 0.15) is 54.3 Å². The third-order valence-corrected chi connectivity index (χ3v) is 5.17. The number of carbonyl (C=O) groups excluding carboxylic acids is 1. The number of amides is 1. The standard InChI is InChI=1S/C19H24N4O4/c24-18(23-10-2-1-3-16(23)17-20-19(25)22-21-17)13-4-6-14(7-5-13)27-15-8-11-26-12-9-15/h4-7,15-16H,1-3,8-12H2,(H2,20,21,22,25). The molecule has 4 rings (SSSR count). The van der Waals surface area contributed by atoms with Crippen LogP contribution in [0.5, 0.6) is 5.75 Å². The maximum atomic E-state index is 13.0. The summed E-state index contributed by atoms with van der Waals surface area (Å²) in [6, 6.07) is 7.09. The van der Waals surface area contributed by atoms with Crippen LogP contribution >= 0.6 is 0 Å². The van der Waals surface area contributed by atoms with Gasteiger partial charge in [0, 0.05) is 24.9 Å². The molecular weight excluding hydrogens is 348 g/mol. The first-order valence-electron chi connectivity index (χ1n) is 9.51. The van der Waals surface area contributed by atoms with E-state index in [1.807, 2.05) is 12.1 Å².